The van der Waals surface area contributed by atoms with Gasteiger partial charge in [-0.15, -0.1) is 0 Å². The lowest BCUT2D eigenvalue weighted by atomic mass is 10.1. The number of guanidine groups is 1. The van der Waals surface area contributed by atoms with Gasteiger partial charge in [0.15, 0.2) is 6.19 Å². The number of fused-ring (bicyclic) bond motifs is 1. The molecular weight excluding hydrogens is 404 g/mol. The summed E-state index contributed by atoms with van der Waals surface area (Å²) in [5.41, 5.74) is 7.64. The van der Waals surface area contributed by atoms with Crippen LogP contribution in [0.2, 0.25) is 0 Å². The van der Waals surface area contributed by atoms with Crippen molar-refractivity contribution < 1.29 is 0 Å². The van der Waals surface area contributed by atoms with Gasteiger partial charge in [0.25, 0.3) is 0 Å². The molecule has 0 fully saturated rings. The van der Waals surface area contributed by atoms with E-state index in [1.165, 1.54) is 0 Å². The summed E-state index contributed by atoms with van der Waals surface area (Å²) >= 11 is 3.44. The summed E-state index contributed by atoms with van der Waals surface area (Å²) in [4.78, 5) is 10.7. The van der Waals surface area contributed by atoms with Crippen LogP contribution in [0.25, 0.3) is 10.8 Å². The number of nitrogens with two attached hydrogens (primary N) is 1. The van der Waals surface area contributed by atoms with Gasteiger partial charge in [0.05, 0.1) is 5.69 Å². The van der Waals surface area contributed by atoms with Crippen molar-refractivity contribution in [1.82, 2.24) is 15.2 Å². The fraction of sp³-hybridized carbons (Fsp3) is 0.150. The fourth-order valence-electron chi connectivity index (χ4n) is 2.72. The number of aromatic nitrogens is 1. The summed E-state index contributed by atoms with van der Waals surface area (Å²) in [6.07, 6.45) is 5.54. The SMILES string of the molecule is N#CNC(=Nc1ccc2cnccc2c1)N(CCN)Cc1ccc(Br)cc1. The number of benzene rings is 2. The number of halogens is 1. The molecule has 0 atom stereocenters. The zero-order valence-electron chi connectivity index (χ0n) is 14.6. The molecule has 0 bridgehead atoms. The van der Waals surface area contributed by atoms with E-state index in [-0.39, 0.29) is 0 Å². The Balaban J connectivity index is 1.92. The third-order valence-corrected chi connectivity index (χ3v) is 4.54. The third kappa shape index (κ3) is 5.03. The first kappa shape index (κ1) is 18.8. The van der Waals surface area contributed by atoms with Crippen LogP contribution in [-0.2, 0) is 6.54 Å². The lowest BCUT2D eigenvalue weighted by Crippen LogP contribution is -2.41. The standard InChI is InChI=1S/C20H19BrN6/c21-18-4-1-15(2-5-18)13-27(10-8-22)20(25-14-23)26-19-6-3-17-12-24-9-7-16(17)11-19/h1-7,9,11-12H,8,10,13,22H2,(H,25,26). The molecule has 1 heterocycles. The monoisotopic (exact) mass is 422 g/mol. The van der Waals surface area contributed by atoms with Gasteiger partial charge in [-0.25, -0.2) is 4.99 Å². The number of nitrogens with one attached hydrogen (secondary N) is 1. The Kier molecular flexibility index (Phi) is 6.36. The van der Waals surface area contributed by atoms with E-state index in [4.69, 9.17) is 5.73 Å². The number of hydrogen-bond acceptors (Lipinski definition) is 4. The molecule has 0 saturated carbocycles. The average molecular weight is 423 g/mol. The molecule has 0 radical (unpaired) electrons. The molecular formula is C20H19BrN6. The van der Waals surface area contributed by atoms with E-state index in [2.05, 4.69) is 31.2 Å². The highest BCUT2D eigenvalue weighted by Crippen LogP contribution is 2.21. The lowest BCUT2D eigenvalue weighted by molar-refractivity contribution is 0.412. The summed E-state index contributed by atoms with van der Waals surface area (Å²) in [6.45, 7) is 1.61. The summed E-state index contributed by atoms with van der Waals surface area (Å²) in [7, 11) is 0. The normalized spacial score (nSPS) is 11.2. The average Bonchev–Trinajstić information content (AvgIpc) is 2.69. The largest absolute Gasteiger partial charge is 0.336 e. The predicted molar refractivity (Wildman–Crippen MR) is 111 cm³/mol. The minimum atomic E-state index is 0.450. The number of nitriles is 1. The minimum absolute atomic E-state index is 0.450. The second-order valence-corrected chi connectivity index (χ2v) is 6.83. The molecule has 7 heteroatoms. The summed E-state index contributed by atoms with van der Waals surface area (Å²) in [5, 5.41) is 14.0. The van der Waals surface area contributed by atoms with Crippen molar-refractivity contribution >= 4 is 38.3 Å². The molecule has 3 aromatic rings. The maximum atomic E-state index is 9.19. The molecule has 3 rings (SSSR count). The van der Waals surface area contributed by atoms with Crippen LogP contribution < -0.4 is 11.1 Å². The Hall–Kier alpha value is -2.95. The maximum absolute atomic E-state index is 9.19. The predicted octanol–water partition coefficient (Wildman–Crippen LogP) is 3.52. The van der Waals surface area contributed by atoms with Crippen molar-refractivity contribution in [1.29, 1.82) is 5.26 Å². The molecule has 0 aliphatic carbocycles. The first-order valence-electron chi connectivity index (χ1n) is 8.46. The summed E-state index contributed by atoms with van der Waals surface area (Å²) in [5.74, 6) is 0.472. The van der Waals surface area contributed by atoms with Crippen LogP contribution in [0.4, 0.5) is 5.69 Å². The first-order valence-corrected chi connectivity index (χ1v) is 9.26. The smallest absolute Gasteiger partial charge is 0.212 e. The summed E-state index contributed by atoms with van der Waals surface area (Å²) < 4.78 is 1.02. The Labute approximate surface area is 166 Å². The van der Waals surface area contributed by atoms with Crippen LogP contribution in [0.15, 0.2) is 70.4 Å². The van der Waals surface area contributed by atoms with Crippen molar-refractivity contribution in [3.05, 3.63) is 71.0 Å². The molecule has 27 heavy (non-hydrogen) atoms. The van der Waals surface area contributed by atoms with Gasteiger partial charge < -0.3 is 10.6 Å². The Morgan fingerprint density at radius 3 is 2.74 bits per heavy atom. The molecule has 0 amide bonds. The van der Waals surface area contributed by atoms with Gasteiger partial charge in [0.1, 0.15) is 0 Å². The number of rotatable bonds is 5. The van der Waals surface area contributed by atoms with E-state index in [0.29, 0.717) is 25.6 Å². The molecule has 136 valence electrons. The zero-order chi connectivity index (χ0) is 19.1. The Morgan fingerprint density at radius 1 is 1.19 bits per heavy atom. The highest BCUT2D eigenvalue weighted by molar-refractivity contribution is 9.10. The van der Waals surface area contributed by atoms with Gasteiger partial charge in [0.2, 0.25) is 5.96 Å². The topological polar surface area (TPSA) is 90.3 Å². The first-order chi connectivity index (χ1) is 13.2. The lowest BCUT2D eigenvalue weighted by Gasteiger charge is -2.24. The number of aliphatic imine (C=N–C) groups is 1. The van der Waals surface area contributed by atoms with Gasteiger partial charge in [-0.05, 0) is 41.3 Å². The number of nitrogens with zero attached hydrogens (tertiary/aromatic N) is 4. The second kappa shape index (κ2) is 9.12. The molecule has 0 aliphatic heterocycles. The third-order valence-electron chi connectivity index (χ3n) is 4.01. The van der Waals surface area contributed by atoms with Crippen LogP contribution in [0.1, 0.15) is 5.56 Å². The zero-order valence-corrected chi connectivity index (χ0v) is 16.2. The number of pyridine rings is 1. The maximum Gasteiger partial charge on any atom is 0.212 e. The minimum Gasteiger partial charge on any atom is -0.336 e. The van der Waals surface area contributed by atoms with E-state index in [9.17, 15) is 5.26 Å². The molecule has 3 N–H and O–H groups in total. The molecule has 0 spiro atoms. The Morgan fingerprint density at radius 2 is 2.00 bits per heavy atom. The molecule has 0 unspecified atom stereocenters. The quantitative estimate of drug-likeness (QED) is 0.284. The fourth-order valence-corrected chi connectivity index (χ4v) is 2.98. The highest BCUT2D eigenvalue weighted by Gasteiger charge is 2.12. The van der Waals surface area contributed by atoms with Gasteiger partial charge in [-0.1, -0.05) is 34.1 Å². The van der Waals surface area contributed by atoms with E-state index in [1.54, 1.807) is 6.20 Å². The van der Waals surface area contributed by atoms with Crippen molar-refractivity contribution in [2.24, 2.45) is 10.7 Å². The molecule has 6 nitrogen and oxygen atoms in total. The van der Waals surface area contributed by atoms with Crippen LogP contribution in [0.3, 0.4) is 0 Å². The van der Waals surface area contributed by atoms with Crippen LogP contribution in [0.5, 0.6) is 0 Å². The van der Waals surface area contributed by atoms with Crippen molar-refractivity contribution in [3.8, 4) is 6.19 Å². The van der Waals surface area contributed by atoms with Crippen molar-refractivity contribution in [2.45, 2.75) is 6.54 Å². The van der Waals surface area contributed by atoms with Crippen molar-refractivity contribution in [3.63, 3.8) is 0 Å². The van der Waals surface area contributed by atoms with E-state index in [1.807, 2.05) is 65.8 Å². The molecule has 0 aliphatic rings. The van der Waals surface area contributed by atoms with Gasteiger partial charge in [-0.2, -0.15) is 5.26 Å². The van der Waals surface area contributed by atoms with Gasteiger partial charge >= 0.3 is 0 Å². The van der Waals surface area contributed by atoms with Crippen LogP contribution in [0, 0.1) is 11.5 Å². The van der Waals surface area contributed by atoms with Crippen LogP contribution >= 0.6 is 15.9 Å². The molecule has 2 aromatic carbocycles. The van der Waals surface area contributed by atoms with Gasteiger partial charge in [-0.3, -0.25) is 10.3 Å². The number of hydrogen-bond donors (Lipinski definition) is 2. The van der Waals surface area contributed by atoms with E-state index < -0.39 is 0 Å². The molecule has 1 aromatic heterocycles. The van der Waals surface area contributed by atoms with E-state index >= 15 is 0 Å². The second-order valence-electron chi connectivity index (χ2n) is 5.92. The summed E-state index contributed by atoms with van der Waals surface area (Å²) in [6, 6.07) is 15.8. The van der Waals surface area contributed by atoms with Gasteiger partial charge in [0, 0.05) is 41.9 Å². The van der Waals surface area contributed by atoms with E-state index in [0.717, 1.165) is 26.5 Å². The van der Waals surface area contributed by atoms with Crippen molar-refractivity contribution in [2.75, 3.05) is 13.1 Å². The Bertz CT molecular complexity index is 978. The highest BCUT2D eigenvalue weighted by atomic mass is 79.9. The van der Waals surface area contributed by atoms with Crippen LogP contribution in [-0.4, -0.2) is 28.9 Å². The molecule has 0 saturated heterocycles.